The summed E-state index contributed by atoms with van der Waals surface area (Å²) in [4.78, 5) is 12.3. The molecular weight excluding hydrogens is 340 g/mol. The summed E-state index contributed by atoms with van der Waals surface area (Å²) in [5.41, 5.74) is 2.90. The first-order chi connectivity index (χ1) is 10.5. The van der Waals surface area contributed by atoms with Crippen LogP contribution in [-0.2, 0) is 19.4 Å². The molecule has 0 saturated heterocycles. The zero-order valence-electron chi connectivity index (χ0n) is 11.9. The second-order valence-corrected chi connectivity index (χ2v) is 7.11. The van der Waals surface area contributed by atoms with Gasteiger partial charge in [-0.05, 0) is 23.3 Å². The van der Waals surface area contributed by atoms with Crippen molar-refractivity contribution in [2.75, 3.05) is 12.9 Å². The molecule has 0 atom stereocenters. The van der Waals surface area contributed by atoms with E-state index in [2.05, 4.69) is 0 Å². The number of rotatable bonds is 3. The van der Waals surface area contributed by atoms with Gasteiger partial charge in [-0.15, -0.1) is 0 Å². The van der Waals surface area contributed by atoms with Crippen LogP contribution in [0.15, 0.2) is 59.5 Å². The van der Waals surface area contributed by atoms with Crippen LogP contribution >= 0.6 is 0 Å². The van der Waals surface area contributed by atoms with Gasteiger partial charge in [-0.25, -0.2) is 13.2 Å². The van der Waals surface area contributed by atoms with Gasteiger partial charge < -0.3 is 4.74 Å². The molecule has 2 aromatic carbocycles. The third-order valence-corrected chi connectivity index (χ3v) is 4.68. The van der Waals surface area contributed by atoms with Gasteiger partial charge in [0.15, 0.2) is 9.84 Å². The minimum atomic E-state index is -3.23. The molecule has 0 saturated carbocycles. The summed E-state index contributed by atoms with van der Waals surface area (Å²) >= 11 is 0. The van der Waals surface area contributed by atoms with E-state index in [-0.39, 0.29) is 55.2 Å². The fourth-order valence-corrected chi connectivity index (χ4v) is 3.06. The number of cyclic esters (lactones) is 1. The van der Waals surface area contributed by atoms with Crippen LogP contribution in [0.3, 0.4) is 0 Å². The second kappa shape index (κ2) is 7.18. The summed E-state index contributed by atoms with van der Waals surface area (Å²) in [5.74, 6) is -0.353. The summed E-state index contributed by atoms with van der Waals surface area (Å²) in [6.07, 6.45) is 1.17. The third kappa shape index (κ3) is 3.86. The fraction of sp³-hybridized carbons (Fsp3) is 0.118. The van der Waals surface area contributed by atoms with Gasteiger partial charge in [0.25, 0.3) is 0 Å². The number of hydrogen-bond acceptors (Lipinski definition) is 4. The van der Waals surface area contributed by atoms with Crippen molar-refractivity contribution in [3.8, 4) is 0 Å². The minimum absolute atomic E-state index is 0. The standard InChI is InChI=1S/C17H14O4S.Ca.2H/c1-22(19,20)14-9-7-12(8-10-14)15-11-21-17(18)16(15)13-5-3-2-4-6-13;;;/h2-10H,11H2,1H3;;;. The number of ether oxygens (including phenoxy) is 1. The average molecular weight is 356 g/mol. The molecule has 0 spiro atoms. The van der Waals surface area contributed by atoms with Crippen molar-refractivity contribution in [3.05, 3.63) is 65.7 Å². The summed E-state index contributed by atoms with van der Waals surface area (Å²) in [7, 11) is -3.23. The monoisotopic (exact) mass is 356 g/mol. The van der Waals surface area contributed by atoms with E-state index in [4.69, 9.17) is 4.74 Å². The zero-order chi connectivity index (χ0) is 15.7. The Morgan fingerprint density at radius 2 is 1.52 bits per heavy atom. The molecule has 0 N–H and O–H groups in total. The molecule has 2 aromatic rings. The Balaban J connectivity index is 0.00000192. The van der Waals surface area contributed by atoms with Gasteiger partial charge in [-0.3, -0.25) is 0 Å². The number of esters is 1. The van der Waals surface area contributed by atoms with E-state index in [1.165, 1.54) is 6.26 Å². The molecule has 1 heterocycles. The van der Waals surface area contributed by atoms with Crippen molar-refractivity contribution in [2.24, 2.45) is 0 Å². The van der Waals surface area contributed by atoms with Crippen molar-refractivity contribution in [1.82, 2.24) is 0 Å². The topological polar surface area (TPSA) is 60.4 Å². The molecule has 3 rings (SSSR count). The Bertz CT molecular complexity index is 853. The van der Waals surface area contributed by atoms with Crippen LogP contribution in [0.1, 0.15) is 11.1 Å². The average Bonchev–Trinajstić information content (AvgIpc) is 2.89. The Hall–Kier alpha value is -1.14. The molecule has 116 valence electrons. The molecule has 0 aliphatic carbocycles. The quantitative estimate of drug-likeness (QED) is 0.620. The van der Waals surface area contributed by atoms with Crippen LogP contribution in [0.5, 0.6) is 0 Å². The molecule has 4 nitrogen and oxygen atoms in total. The number of benzene rings is 2. The van der Waals surface area contributed by atoms with E-state index in [9.17, 15) is 13.2 Å². The first-order valence-corrected chi connectivity index (χ1v) is 8.62. The Morgan fingerprint density at radius 1 is 0.913 bits per heavy atom. The predicted octanol–water partition coefficient (Wildman–Crippen LogP) is 1.64. The van der Waals surface area contributed by atoms with E-state index < -0.39 is 9.84 Å². The van der Waals surface area contributed by atoms with Crippen LogP contribution in [0.4, 0.5) is 0 Å². The van der Waals surface area contributed by atoms with E-state index >= 15 is 0 Å². The second-order valence-electron chi connectivity index (χ2n) is 5.09. The van der Waals surface area contributed by atoms with Gasteiger partial charge in [0.1, 0.15) is 6.61 Å². The first kappa shape index (κ1) is 18.2. The summed E-state index contributed by atoms with van der Waals surface area (Å²) in [5, 5.41) is 0. The van der Waals surface area contributed by atoms with E-state index in [0.29, 0.717) is 5.57 Å². The van der Waals surface area contributed by atoms with Crippen LogP contribution in [0.2, 0.25) is 0 Å². The van der Waals surface area contributed by atoms with Gasteiger partial charge in [-0.2, -0.15) is 0 Å². The van der Waals surface area contributed by atoms with Gasteiger partial charge >= 0.3 is 43.7 Å². The van der Waals surface area contributed by atoms with Gasteiger partial charge in [0, 0.05) is 11.8 Å². The SMILES string of the molecule is CS(=O)(=O)c1ccc(C2=C(c3ccccc3)C(=O)OC2)cc1.[CaH2]. The Morgan fingerprint density at radius 3 is 2.09 bits per heavy atom. The van der Waals surface area contributed by atoms with Crippen molar-refractivity contribution in [3.63, 3.8) is 0 Å². The van der Waals surface area contributed by atoms with Crippen LogP contribution in [0, 0.1) is 0 Å². The third-order valence-electron chi connectivity index (χ3n) is 3.55. The summed E-state index contributed by atoms with van der Waals surface area (Å²) in [6, 6.07) is 15.8. The number of carbonyl (C=O) groups is 1. The molecular formula is C17H16CaO4S. The van der Waals surface area contributed by atoms with E-state index in [1.807, 2.05) is 30.3 Å². The number of sulfone groups is 1. The number of hydrogen-bond donors (Lipinski definition) is 0. The van der Waals surface area contributed by atoms with Gasteiger partial charge in [0.05, 0.1) is 10.5 Å². The summed E-state index contributed by atoms with van der Waals surface area (Å²) < 4.78 is 28.2. The van der Waals surface area contributed by atoms with Gasteiger partial charge in [-0.1, -0.05) is 42.5 Å². The fourth-order valence-electron chi connectivity index (χ4n) is 2.43. The van der Waals surface area contributed by atoms with Gasteiger partial charge in [0.2, 0.25) is 0 Å². The summed E-state index contributed by atoms with van der Waals surface area (Å²) in [6.45, 7) is 0.196. The molecule has 23 heavy (non-hydrogen) atoms. The predicted molar refractivity (Wildman–Crippen MR) is 92.3 cm³/mol. The molecule has 0 amide bonds. The molecule has 1 aliphatic rings. The molecule has 1 aliphatic heterocycles. The molecule has 0 bridgehead atoms. The van der Waals surface area contributed by atoms with Crippen LogP contribution < -0.4 is 0 Å². The zero-order valence-corrected chi connectivity index (χ0v) is 12.8. The van der Waals surface area contributed by atoms with Crippen molar-refractivity contribution in [1.29, 1.82) is 0 Å². The van der Waals surface area contributed by atoms with Crippen LogP contribution in [-0.4, -0.2) is 65.0 Å². The molecule has 0 unspecified atom stereocenters. The van der Waals surface area contributed by atoms with E-state index in [0.717, 1.165) is 16.7 Å². The Labute approximate surface area is 165 Å². The molecule has 0 radical (unpaired) electrons. The van der Waals surface area contributed by atoms with Crippen LogP contribution in [0.25, 0.3) is 11.1 Å². The van der Waals surface area contributed by atoms with Crippen molar-refractivity contribution >= 4 is 64.7 Å². The Kier molecular flexibility index (Phi) is 5.68. The molecule has 0 fully saturated rings. The molecule has 6 heteroatoms. The van der Waals surface area contributed by atoms with Crippen molar-refractivity contribution < 1.29 is 17.9 Å². The molecule has 0 aromatic heterocycles. The normalized spacial score (nSPS) is 14.4. The maximum absolute atomic E-state index is 12.0. The number of carbonyl (C=O) groups excluding carboxylic acids is 1. The van der Waals surface area contributed by atoms with Crippen molar-refractivity contribution in [2.45, 2.75) is 4.90 Å². The van der Waals surface area contributed by atoms with E-state index in [1.54, 1.807) is 24.3 Å². The maximum atomic E-state index is 12.0. The first-order valence-electron chi connectivity index (χ1n) is 6.73.